The Morgan fingerprint density at radius 1 is 0.827 bits per heavy atom. The molecule has 4 heterocycles. The number of hydrogen-bond acceptors (Lipinski definition) is 10. The lowest BCUT2D eigenvalue weighted by Gasteiger charge is -2.53. The van der Waals surface area contributed by atoms with Crippen LogP contribution >= 0.6 is 0 Å². The molecule has 2 fully saturated rings. The lowest BCUT2D eigenvalue weighted by molar-refractivity contribution is -0.154. The smallest absolute Gasteiger partial charge is 0.422 e. The van der Waals surface area contributed by atoms with Crippen molar-refractivity contribution in [1.29, 1.82) is 0 Å². The second kappa shape index (κ2) is 16.6. The van der Waals surface area contributed by atoms with Crippen LogP contribution in [0.25, 0.3) is 0 Å². The number of amides is 1. The van der Waals surface area contributed by atoms with Crippen LogP contribution in [0, 0.1) is 0 Å². The molecule has 0 saturated carbocycles. The van der Waals surface area contributed by atoms with Crippen molar-refractivity contribution in [2.75, 3.05) is 59.7 Å². The zero-order valence-electron chi connectivity index (χ0n) is 29.5. The normalized spacial score (nSPS) is 18.2. The summed E-state index contributed by atoms with van der Waals surface area (Å²) >= 11 is 0. The third kappa shape index (κ3) is 8.56. The van der Waals surface area contributed by atoms with E-state index in [1.54, 1.807) is 25.3 Å². The van der Waals surface area contributed by atoms with Gasteiger partial charge in [-0.05, 0) is 37.1 Å². The summed E-state index contributed by atoms with van der Waals surface area (Å²) in [5.74, 6) is -0.121. The molecule has 0 N–H and O–H groups in total. The first-order valence-electron chi connectivity index (χ1n) is 17.4. The zero-order chi connectivity index (χ0) is 36.7. The Morgan fingerprint density at radius 2 is 1.50 bits per heavy atom. The predicted molar refractivity (Wildman–Crippen MR) is 187 cm³/mol. The third-order valence-electron chi connectivity index (χ3n) is 9.27. The number of pyridine rings is 1. The summed E-state index contributed by atoms with van der Waals surface area (Å²) < 4.78 is 62.2. The van der Waals surface area contributed by atoms with Crippen molar-refractivity contribution in [3.05, 3.63) is 101 Å². The molecular weight excluding hydrogens is 677 g/mol. The first-order valence-corrected chi connectivity index (χ1v) is 17.4. The van der Waals surface area contributed by atoms with Crippen molar-refractivity contribution in [3.63, 3.8) is 0 Å². The van der Waals surface area contributed by atoms with Gasteiger partial charge in [0.2, 0.25) is 17.6 Å². The number of methoxy groups -OCH3 is 1. The van der Waals surface area contributed by atoms with Crippen molar-refractivity contribution in [2.24, 2.45) is 0 Å². The molecule has 11 nitrogen and oxygen atoms in total. The molecule has 6 rings (SSSR count). The molecule has 2 aromatic carbocycles. The van der Waals surface area contributed by atoms with E-state index in [0.717, 1.165) is 11.1 Å². The number of piperazine rings is 2. The van der Waals surface area contributed by atoms with Gasteiger partial charge < -0.3 is 23.8 Å². The Kier molecular flexibility index (Phi) is 11.8. The highest BCUT2D eigenvalue weighted by Gasteiger charge is 2.44. The lowest BCUT2D eigenvalue weighted by Crippen LogP contribution is -2.67. The van der Waals surface area contributed by atoms with Crippen LogP contribution in [0.5, 0.6) is 23.7 Å². The molecule has 276 valence electrons. The zero-order valence-corrected chi connectivity index (χ0v) is 29.5. The summed E-state index contributed by atoms with van der Waals surface area (Å²) in [5.41, 5.74) is 2.94. The van der Waals surface area contributed by atoms with Crippen LogP contribution in [0.3, 0.4) is 0 Å². The maximum atomic E-state index is 14.0. The van der Waals surface area contributed by atoms with Crippen molar-refractivity contribution >= 4 is 5.91 Å². The lowest BCUT2D eigenvalue weighted by atomic mass is 9.81. The Hall–Kier alpha value is -4.95. The number of aromatic nitrogens is 3. The third-order valence-corrected chi connectivity index (χ3v) is 9.27. The fourth-order valence-corrected chi connectivity index (χ4v) is 7.17. The Labute approximate surface area is 301 Å². The summed E-state index contributed by atoms with van der Waals surface area (Å²) in [5, 5.41) is 0. The molecule has 0 aliphatic carbocycles. The highest BCUT2D eigenvalue weighted by atomic mass is 19.4. The van der Waals surface area contributed by atoms with Gasteiger partial charge in [0.1, 0.15) is 5.56 Å². The van der Waals surface area contributed by atoms with Crippen LogP contribution in [-0.2, 0) is 6.54 Å². The Morgan fingerprint density at radius 3 is 2.13 bits per heavy atom. The van der Waals surface area contributed by atoms with Crippen LogP contribution in [0.2, 0.25) is 0 Å². The fourth-order valence-electron chi connectivity index (χ4n) is 7.17. The van der Waals surface area contributed by atoms with E-state index in [4.69, 9.17) is 18.9 Å². The van der Waals surface area contributed by atoms with Gasteiger partial charge in [-0.25, -0.2) is 4.98 Å². The van der Waals surface area contributed by atoms with Gasteiger partial charge in [-0.1, -0.05) is 60.7 Å². The van der Waals surface area contributed by atoms with Crippen molar-refractivity contribution in [1.82, 2.24) is 29.7 Å². The fraction of sp³-hybridized carbons (Fsp3) is 0.421. The average Bonchev–Trinajstić information content (AvgIpc) is 3.15. The minimum absolute atomic E-state index is 0.0581. The summed E-state index contributed by atoms with van der Waals surface area (Å²) in [6.45, 7) is 5.31. The van der Waals surface area contributed by atoms with Crippen LogP contribution in [0.4, 0.5) is 13.2 Å². The standard InChI is InChI=1S/C38H43F3N6O5/c1-4-50-33-29(17-12-18-42-33)36(48)46-19-20-47-28(22-46)21-45(24-31(47)32(26-13-8-6-9-14-26)27-15-10-7-11-16-27)23-30-34(49-3)43-37(51-5-2)44-35(30)52-25-38(39,40)41/h6-18,28,31-32H,4-5,19-25H2,1-3H3/t28-,31?/m1/s1. The van der Waals surface area contributed by atoms with E-state index in [0.29, 0.717) is 50.8 Å². The molecule has 52 heavy (non-hydrogen) atoms. The molecule has 2 aliphatic heterocycles. The highest BCUT2D eigenvalue weighted by Crippen LogP contribution is 2.38. The maximum Gasteiger partial charge on any atom is 0.422 e. The topological polar surface area (TPSA) is 102 Å². The minimum Gasteiger partial charge on any atom is -0.481 e. The number of benzene rings is 2. The SMILES string of the molecule is CCOc1nc(OC)c(CN2CC(C(c3ccccc3)c3ccccc3)N3CCN(C(=O)c4cccnc4OCC)C[C@H]3C2)c(OCC(F)(F)F)n1. The highest BCUT2D eigenvalue weighted by molar-refractivity contribution is 5.96. The predicted octanol–water partition coefficient (Wildman–Crippen LogP) is 5.46. The molecule has 2 atom stereocenters. The van der Waals surface area contributed by atoms with Crippen LogP contribution < -0.4 is 18.9 Å². The first-order chi connectivity index (χ1) is 25.2. The van der Waals surface area contributed by atoms with Crippen molar-refractivity contribution < 1.29 is 36.9 Å². The number of carbonyl (C=O) groups excluding carboxylic acids is 1. The maximum absolute atomic E-state index is 14.0. The number of hydrogen-bond donors (Lipinski definition) is 0. The summed E-state index contributed by atoms with van der Waals surface area (Å²) in [7, 11) is 1.40. The molecule has 2 aliphatic rings. The van der Waals surface area contributed by atoms with E-state index in [1.165, 1.54) is 7.11 Å². The summed E-state index contributed by atoms with van der Waals surface area (Å²) in [6.07, 6.45) is -2.99. The average molecular weight is 721 g/mol. The van der Waals surface area contributed by atoms with Gasteiger partial charge in [-0.3, -0.25) is 14.6 Å². The van der Waals surface area contributed by atoms with Gasteiger partial charge in [-0.15, -0.1) is 0 Å². The van der Waals surface area contributed by atoms with E-state index in [9.17, 15) is 18.0 Å². The van der Waals surface area contributed by atoms with Crippen molar-refractivity contribution in [3.8, 4) is 23.7 Å². The van der Waals surface area contributed by atoms with Gasteiger partial charge in [0.05, 0.1) is 25.9 Å². The van der Waals surface area contributed by atoms with Crippen LogP contribution in [0.15, 0.2) is 79.0 Å². The van der Waals surface area contributed by atoms with Crippen molar-refractivity contribution in [2.45, 2.75) is 44.6 Å². The van der Waals surface area contributed by atoms with E-state index in [1.807, 2.05) is 48.2 Å². The summed E-state index contributed by atoms with van der Waals surface area (Å²) in [4.78, 5) is 33.3. The molecule has 14 heteroatoms. The molecule has 1 unspecified atom stereocenters. The molecule has 0 spiro atoms. The minimum atomic E-state index is -4.59. The van der Waals surface area contributed by atoms with Gasteiger partial charge in [-0.2, -0.15) is 23.1 Å². The first kappa shape index (κ1) is 36.8. The second-order valence-corrected chi connectivity index (χ2v) is 12.6. The molecule has 1 amide bonds. The second-order valence-electron chi connectivity index (χ2n) is 12.6. The molecule has 4 aromatic rings. The number of carbonyl (C=O) groups is 1. The van der Waals surface area contributed by atoms with E-state index in [-0.39, 0.29) is 60.4 Å². The Bertz CT molecular complexity index is 1740. The van der Waals surface area contributed by atoms with Gasteiger partial charge in [0.25, 0.3) is 5.91 Å². The molecule has 0 radical (unpaired) electrons. The summed E-state index contributed by atoms with van der Waals surface area (Å²) in [6, 6.07) is 23.7. The number of fused-ring (bicyclic) bond motifs is 1. The Balaban J connectivity index is 1.38. The molecule has 2 saturated heterocycles. The number of ether oxygens (including phenoxy) is 4. The van der Waals surface area contributed by atoms with E-state index in [2.05, 4.69) is 49.0 Å². The van der Waals surface area contributed by atoms with Crippen LogP contribution in [-0.4, -0.2) is 113 Å². The largest absolute Gasteiger partial charge is 0.481 e. The number of nitrogens with zero attached hydrogens (tertiary/aromatic N) is 6. The monoisotopic (exact) mass is 720 g/mol. The number of rotatable bonds is 13. The van der Waals surface area contributed by atoms with Crippen LogP contribution in [0.1, 0.15) is 46.8 Å². The molecule has 2 aromatic heterocycles. The van der Waals surface area contributed by atoms with Gasteiger partial charge >= 0.3 is 12.2 Å². The van der Waals surface area contributed by atoms with E-state index >= 15 is 0 Å². The number of halogens is 3. The van der Waals surface area contributed by atoms with E-state index < -0.39 is 12.8 Å². The molecule has 0 bridgehead atoms. The quantitative estimate of drug-likeness (QED) is 0.177. The molecular formula is C38H43F3N6O5. The van der Waals surface area contributed by atoms with Gasteiger partial charge in [0, 0.05) is 63.5 Å². The van der Waals surface area contributed by atoms with Gasteiger partial charge in [0.15, 0.2) is 6.61 Å². The number of alkyl halides is 3.